The van der Waals surface area contributed by atoms with Gasteiger partial charge in [-0.3, -0.25) is 10.6 Å². The van der Waals surface area contributed by atoms with Gasteiger partial charge in [-0.15, -0.1) is 0 Å². The minimum Gasteiger partial charge on any atom is -0.496 e. The number of para-hydroxylation sites is 1. The third kappa shape index (κ3) is 4.23. The first kappa shape index (κ1) is 18.0. The minimum absolute atomic E-state index is 0.211. The van der Waals surface area contributed by atoms with E-state index in [0.29, 0.717) is 6.04 Å². The monoisotopic (exact) mass is 338 g/mol. The number of nitrogens with one attached hydrogen (secondary N) is 2. The summed E-state index contributed by atoms with van der Waals surface area (Å²) < 4.78 is 5.52. The second-order valence-electron chi connectivity index (χ2n) is 6.92. The third-order valence-corrected chi connectivity index (χ3v) is 5.38. The molecular weight excluding hydrogens is 308 g/mol. The van der Waals surface area contributed by atoms with Crippen molar-refractivity contribution >= 4 is 0 Å². The lowest BCUT2D eigenvalue weighted by molar-refractivity contribution is 0.215. The fourth-order valence-electron chi connectivity index (χ4n) is 3.90. The van der Waals surface area contributed by atoms with Crippen LogP contribution < -0.4 is 15.4 Å². The molecule has 0 aliphatic heterocycles. The zero-order valence-electron chi connectivity index (χ0n) is 15.4. The Bertz CT molecular complexity index is 652. The maximum absolute atomic E-state index is 5.52. The molecule has 2 N–H and O–H groups in total. The van der Waals surface area contributed by atoms with E-state index >= 15 is 0 Å². The fraction of sp³-hybridized carbons (Fsp3) is 0.455. The summed E-state index contributed by atoms with van der Waals surface area (Å²) in [4.78, 5) is 0. The Morgan fingerprint density at radius 2 is 1.68 bits per heavy atom. The van der Waals surface area contributed by atoms with E-state index in [4.69, 9.17) is 4.74 Å². The van der Waals surface area contributed by atoms with Crippen LogP contribution in [-0.2, 0) is 12.2 Å². The predicted octanol–water partition coefficient (Wildman–Crippen LogP) is 4.58. The Balaban J connectivity index is 1.84. The van der Waals surface area contributed by atoms with Crippen LogP contribution in [0.25, 0.3) is 0 Å². The highest BCUT2D eigenvalue weighted by molar-refractivity contribution is 5.33. The van der Waals surface area contributed by atoms with Crippen LogP contribution in [0.2, 0.25) is 0 Å². The van der Waals surface area contributed by atoms with Crippen molar-refractivity contribution in [3.8, 4) is 5.75 Å². The second kappa shape index (κ2) is 8.50. The lowest BCUT2D eigenvalue weighted by atomic mass is 9.94. The Morgan fingerprint density at radius 1 is 1.00 bits per heavy atom. The van der Waals surface area contributed by atoms with Gasteiger partial charge in [0.05, 0.1) is 12.8 Å². The Labute approximate surface area is 151 Å². The molecule has 0 amide bonds. The van der Waals surface area contributed by atoms with Gasteiger partial charge in [0.2, 0.25) is 0 Å². The normalized spacial score (nSPS) is 17.4. The second-order valence-corrected chi connectivity index (χ2v) is 6.92. The van der Waals surface area contributed by atoms with Crippen LogP contribution in [0.15, 0.2) is 54.6 Å². The van der Waals surface area contributed by atoms with Crippen molar-refractivity contribution in [1.29, 1.82) is 0 Å². The van der Waals surface area contributed by atoms with E-state index in [1.807, 2.05) is 12.1 Å². The molecule has 0 heterocycles. The molecule has 3 heteroatoms. The van der Waals surface area contributed by atoms with Crippen molar-refractivity contribution in [3.63, 3.8) is 0 Å². The van der Waals surface area contributed by atoms with Gasteiger partial charge in [0.25, 0.3) is 0 Å². The van der Waals surface area contributed by atoms with Crippen molar-refractivity contribution in [2.24, 2.45) is 0 Å². The molecule has 1 aliphatic carbocycles. The number of ether oxygens (including phenoxy) is 1. The third-order valence-electron chi connectivity index (χ3n) is 5.38. The average Bonchev–Trinajstić information content (AvgIpc) is 3.19. The van der Waals surface area contributed by atoms with Gasteiger partial charge in [-0.2, -0.15) is 0 Å². The molecule has 3 nitrogen and oxygen atoms in total. The molecule has 1 fully saturated rings. The molecular formula is C22H30N2O. The van der Waals surface area contributed by atoms with Crippen LogP contribution in [0.3, 0.4) is 0 Å². The summed E-state index contributed by atoms with van der Waals surface area (Å²) in [6, 6.07) is 19.6. The first-order valence-electron chi connectivity index (χ1n) is 9.47. The molecule has 0 saturated heterocycles. The zero-order chi connectivity index (χ0) is 17.5. The highest BCUT2D eigenvalue weighted by atomic mass is 16.5. The maximum atomic E-state index is 5.52. The van der Waals surface area contributed by atoms with E-state index in [-0.39, 0.29) is 5.66 Å². The lowest BCUT2D eigenvalue weighted by Crippen LogP contribution is -2.56. The summed E-state index contributed by atoms with van der Waals surface area (Å²) >= 11 is 0. The molecule has 1 aliphatic rings. The van der Waals surface area contributed by atoms with E-state index in [0.717, 1.165) is 18.7 Å². The lowest BCUT2D eigenvalue weighted by Gasteiger charge is -2.38. The Kier molecular flexibility index (Phi) is 6.11. The van der Waals surface area contributed by atoms with E-state index in [2.05, 4.69) is 60.0 Å². The standard InChI is InChI=1S/C22H30N2O/c1-3-22(19-12-5-4-6-13-19,24-20-14-8-9-15-20)23-17-18-11-7-10-16-21(18)25-2/h4-7,10-13,16,20,23-24H,3,8-9,14-15,17H2,1-2H3/t22-/m1/s1. The molecule has 1 atom stereocenters. The Hall–Kier alpha value is -1.84. The summed E-state index contributed by atoms with van der Waals surface area (Å²) in [5, 5.41) is 7.78. The number of hydrogen-bond acceptors (Lipinski definition) is 3. The molecule has 2 aromatic rings. The van der Waals surface area contributed by atoms with Crippen LogP contribution in [-0.4, -0.2) is 13.2 Å². The van der Waals surface area contributed by atoms with Crippen LogP contribution in [0.4, 0.5) is 0 Å². The van der Waals surface area contributed by atoms with Gasteiger partial charge in [0, 0.05) is 18.2 Å². The van der Waals surface area contributed by atoms with E-state index in [1.165, 1.54) is 36.8 Å². The molecule has 0 bridgehead atoms. The zero-order valence-corrected chi connectivity index (χ0v) is 15.4. The number of rotatable bonds is 8. The summed E-state index contributed by atoms with van der Waals surface area (Å²) in [6.45, 7) is 3.02. The van der Waals surface area contributed by atoms with Crippen molar-refractivity contribution < 1.29 is 4.74 Å². The smallest absolute Gasteiger partial charge is 0.123 e. The molecule has 0 spiro atoms. The van der Waals surface area contributed by atoms with Gasteiger partial charge < -0.3 is 4.74 Å². The topological polar surface area (TPSA) is 33.3 Å². The Morgan fingerprint density at radius 3 is 2.36 bits per heavy atom. The van der Waals surface area contributed by atoms with E-state index in [9.17, 15) is 0 Å². The molecule has 0 unspecified atom stereocenters. The van der Waals surface area contributed by atoms with Gasteiger partial charge in [-0.25, -0.2) is 0 Å². The first-order chi connectivity index (χ1) is 12.3. The number of benzene rings is 2. The van der Waals surface area contributed by atoms with Crippen LogP contribution in [0.1, 0.15) is 50.2 Å². The maximum Gasteiger partial charge on any atom is 0.123 e. The molecule has 25 heavy (non-hydrogen) atoms. The van der Waals surface area contributed by atoms with Gasteiger partial charge in [0.1, 0.15) is 5.75 Å². The highest BCUT2D eigenvalue weighted by Gasteiger charge is 2.33. The predicted molar refractivity (Wildman–Crippen MR) is 104 cm³/mol. The quantitative estimate of drug-likeness (QED) is 0.691. The van der Waals surface area contributed by atoms with Crippen LogP contribution >= 0.6 is 0 Å². The largest absolute Gasteiger partial charge is 0.496 e. The van der Waals surface area contributed by atoms with Gasteiger partial charge in [-0.1, -0.05) is 68.3 Å². The summed E-state index contributed by atoms with van der Waals surface area (Å²) in [5.74, 6) is 0.939. The summed E-state index contributed by atoms with van der Waals surface area (Å²) in [6.07, 6.45) is 6.19. The van der Waals surface area contributed by atoms with E-state index in [1.54, 1.807) is 7.11 Å². The molecule has 1 saturated carbocycles. The van der Waals surface area contributed by atoms with Gasteiger partial charge >= 0.3 is 0 Å². The van der Waals surface area contributed by atoms with Crippen molar-refractivity contribution in [2.45, 2.75) is 57.3 Å². The summed E-state index contributed by atoms with van der Waals surface area (Å²) in [5.41, 5.74) is 2.28. The average molecular weight is 338 g/mol. The highest BCUT2D eigenvalue weighted by Crippen LogP contribution is 2.28. The van der Waals surface area contributed by atoms with Crippen molar-refractivity contribution in [2.75, 3.05) is 7.11 Å². The van der Waals surface area contributed by atoms with E-state index < -0.39 is 0 Å². The molecule has 134 valence electrons. The first-order valence-corrected chi connectivity index (χ1v) is 9.47. The van der Waals surface area contributed by atoms with Gasteiger partial charge in [0.15, 0.2) is 0 Å². The molecule has 0 radical (unpaired) electrons. The van der Waals surface area contributed by atoms with Gasteiger partial charge in [-0.05, 0) is 30.9 Å². The summed E-state index contributed by atoms with van der Waals surface area (Å²) in [7, 11) is 1.74. The van der Waals surface area contributed by atoms with Crippen molar-refractivity contribution in [1.82, 2.24) is 10.6 Å². The number of hydrogen-bond donors (Lipinski definition) is 2. The number of methoxy groups -OCH3 is 1. The van der Waals surface area contributed by atoms with Crippen LogP contribution in [0.5, 0.6) is 5.75 Å². The SMILES string of the molecule is CC[C@@](NCc1ccccc1OC)(NC1CCCC1)c1ccccc1. The molecule has 0 aromatic heterocycles. The van der Waals surface area contributed by atoms with Crippen molar-refractivity contribution in [3.05, 3.63) is 65.7 Å². The minimum atomic E-state index is -0.211. The van der Waals surface area contributed by atoms with Crippen LogP contribution in [0, 0.1) is 0 Å². The fourth-order valence-corrected chi connectivity index (χ4v) is 3.90. The molecule has 3 rings (SSSR count). The molecule has 2 aromatic carbocycles.